The van der Waals surface area contributed by atoms with Gasteiger partial charge in [0.15, 0.2) is 0 Å². The molecule has 2 aromatic heterocycles. The highest BCUT2D eigenvalue weighted by Crippen LogP contribution is 2.25. The average molecular weight is 365 g/mol. The van der Waals surface area contributed by atoms with Crippen molar-refractivity contribution in [2.45, 2.75) is 33.4 Å². The van der Waals surface area contributed by atoms with Gasteiger partial charge in [0.2, 0.25) is 0 Å². The van der Waals surface area contributed by atoms with Crippen molar-refractivity contribution in [1.82, 2.24) is 14.8 Å². The van der Waals surface area contributed by atoms with Gasteiger partial charge in [-0.2, -0.15) is 5.10 Å². The molecule has 1 N–H and O–H groups in total. The molecule has 0 aliphatic carbocycles. The number of rotatable bonds is 5. The number of nitrogens with zero attached hydrogens (tertiary/aromatic N) is 3. The molecule has 0 bridgehead atoms. The van der Waals surface area contributed by atoms with Gasteiger partial charge in [-0.05, 0) is 47.5 Å². The van der Waals surface area contributed by atoms with E-state index in [1.807, 2.05) is 5.51 Å². The molecule has 0 saturated carbocycles. The molecule has 0 atom stereocenters. The van der Waals surface area contributed by atoms with Gasteiger partial charge in [0.05, 0.1) is 38.1 Å². The van der Waals surface area contributed by atoms with Crippen LogP contribution in [0.2, 0.25) is 0 Å². The van der Waals surface area contributed by atoms with Crippen molar-refractivity contribution in [3.8, 4) is 0 Å². The third-order valence-corrected chi connectivity index (χ3v) is 5.19. The Balaban J connectivity index is 1.82. The number of fused-ring (bicyclic) bond motifs is 1. The number of halogens is 1. The fourth-order valence-electron chi connectivity index (χ4n) is 2.34. The van der Waals surface area contributed by atoms with Crippen LogP contribution in [0.3, 0.4) is 0 Å². The van der Waals surface area contributed by atoms with Crippen molar-refractivity contribution in [1.29, 1.82) is 0 Å². The largest absolute Gasteiger partial charge is 0.379 e. The number of aromatic nitrogens is 3. The van der Waals surface area contributed by atoms with Crippen LogP contribution in [-0.4, -0.2) is 14.8 Å². The molecule has 4 nitrogen and oxygen atoms in total. The Kier molecular flexibility index (Phi) is 4.26. The molecule has 1 aromatic carbocycles. The van der Waals surface area contributed by atoms with Crippen LogP contribution in [0.1, 0.15) is 25.2 Å². The summed E-state index contributed by atoms with van der Waals surface area (Å²) in [5.41, 5.74) is 6.36. The summed E-state index contributed by atoms with van der Waals surface area (Å²) in [5.74, 6) is 0. The maximum atomic E-state index is 4.62. The van der Waals surface area contributed by atoms with E-state index in [4.69, 9.17) is 0 Å². The molecule has 0 saturated heterocycles. The Morgan fingerprint density at radius 2 is 2.19 bits per heavy atom. The molecule has 0 spiro atoms. The van der Waals surface area contributed by atoms with Crippen molar-refractivity contribution in [2.75, 3.05) is 5.32 Å². The summed E-state index contributed by atoms with van der Waals surface area (Å²) in [6, 6.07) is 6.27. The summed E-state index contributed by atoms with van der Waals surface area (Å²) in [7, 11) is 0. The molecule has 0 radical (unpaired) electrons. The van der Waals surface area contributed by atoms with E-state index in [0.717, 1.165) is 40.9 Å². The SMILES string of the molecule is CCc1nn(CC)c(CNc2ccc3ncsc3c2)c1Br. The van der Waals surface area contributed by atoms with E-state index in [0.29, 0.717) is 0 Å². The smallest absolute Gasteiger partial charge is 0.0813 e. The summed E-state index contributed by atoms with van der Waals surface area (Å²) in [5, 5.41) is 8.11. The average Bonchev–Trinajstić information content (AvgIpc) is 3.08. The number of thiazole rings is 1. The first-order valence-electron chi connectivity index (χ1n) is 7.04. The Hall–Kier alpha value is -1.40. The van der Waals surface area contributed by atoms with Crippen molar-refractivity contribution < 1.29 is 0 Å². The lowest BCUT2D eigenvalue weighted by Crippen LogP contribution is -2.08. The maximum absolute atomic E-state index is 4.62. The fraction of sp³-hybridized carbons (Fsp3) is 0.333. The molecule has 3 rings (SSSR count). The molecule has 0 aliphatic rings. The highest BCUT2D eigenvalue weighted by Gasteiger charge is 2.13. The molecule has 6 heteroatoms. The van der Waals surface area contributed by atoms with Crippen LogP contribution in [0.25, 0.3) is 10.2 Å². The fourth-order valence-corrected chi connectivity index (χ4v) is 3.76. The van der Waals surface area contributed by atoms with E-state index in [2.05, 4.69) is 68.1 Å². The standard InChI is InChI=1S/C15H17BrN4S/c1-3-11-15(16)13(20(4-2)19-11)8-17-10-5-6-12-14(7-10)21-9-18-12/h5-7,9,17H,3-4,8H2,1-2H3. The van der Waals surface area contributed by atoms with E-state index in [1.165, 1.54) is 10.4 Å². The first-order valence-corrected chi connectivity index (χ1v) is 8.71. The van der Waals surface area contributed by atoms with Crippen LogP contribution < -0.4 is 5.32 Å². The minimum atomic E-state index is 0.756. The van der Waals surface area contributed by atoms with E-state index in [-0.39, 0.29) is 0 Å². The minimum Gasteiger partial charge on any atom is -0.379 e. The number of anilines is 1. The van der Waals surface area contributed by atoms with Gasteiger partial charge in [0.1, 0.15) is 0 Å². The quantitative estimate of drug-likeness (QED) is 0.726. The molecule has 0 fully saturated rings. The summed E-state index contributed by atoms with van der Waals surface area (Å²) >= 11 is 5.34. The lowest BCUT2D eigenvalue weighted by Gasteiger charge is -2.09. The molecule has 0 unspecified atom stereocenters. The number of hydrogen-bond acceptors (Lipinski definition) is 4. The lowest BCUT2D eigenvalue weighted by molar-refractivity contribution is 0.619. The van der Waals surface area contributed by atoms with Crippen LogP contribution >= 0.6 is 27.3 Å². The predicted molar refractivity (Wildman–Crippen MR) is 91.9 cm³/mol. The van der Waals surface area contributed by atoms with Gasteiger partial charge in [0.25, 0.3) is 0 Å². The normalized spacial score (nSPS) is 11.2. The second-order valence-electron chi connectivity index (χ2n) is 4.77. The second kappa shape index (κ2) is 6.15. The maximum Gasteiger partial charge on any atom is 0.0813 e. The van der Waals surface area contributed by atoms with Gasteiger partial charge in [-0.25, -0.2) is 4.98 Å². The van der Waals surface area contributed by atoms with Gasteiger partial charge < -0.3 is 5.32 Å². The van der Waals surface area contributed by atoms with Crippen LogP contribution in [0.4, 0.5) is 5.69 Å². The number of hydrogen-bond donors (Lipinski definition) is 1. The summed E-state index contributed by atoms with van der Waals surface area (Å²) in [6.45, 7) is 5.88. The Labute approximate surface area is 136 Å². The van der Waals surface area contributed by atoms with E-state index >= 15 is 0 Å². The molecule has 3 aromatic rings. The van der Waals surface area contributed by atoms with Crippen LogP contribution in [0.5, 0.6) is 0 Å². The van der Waals surface area contributed by atoms with Crippen LogP contribution in [0.15, 0.2) is 28.2 Å². The molecule has 110 valence electrons. The lowest BCUT2D eigenvalue weighted by atomic mass is 10.2. The molecular weight excluding hydrogens is 348 g/mol. The zero-order valence-electron chi connectivity index (χ0n) is 12.1. The molecule has 21 heavy (non-hydrogen) atoms. The van der Waals surface area contributed by atoms with Gasteiger partial charge in [-0.1, -0.05) is 6.92 Å². The highest BCUT2D eigenvalue weighted by atomic mass is 79.9. The summed E-state index contributed by atoms with van der Waals surface area (Å²) in [6.07, 6.45) is 0.938. The molecule has 0 amide bonds. The number of benzene rings is 1. The van der Waals surface area contributed by atoms with Gasteiger partial charge in [-0.3, -0.25) is 4.68 Å². The monoisotopic (exact) mass is 364 g/mol. The highest BCUT2D eigenvalue weighted by molar-refractivity contribution is 9.10. The van der Waals surface area contributed by atoms with E-state index in [9.17, 15) is 0 Å². The topological polar surface area (TPSA) is 42.7 Å². The molecule has 2 heterocycles. The van der Waals surface area contributed by atoms with Crippen molar-refractivity contribution in [3.05, 3.63) is 39.6 Å². The van der Waals surface area contributed by atoms with Gasteiger partial charge in [0, 0.05) is 12.2 Å². The molecule has 0 aliphatic heterocycles. The third-order valence-electron chi connectivity index (χ3n) is 3.49. The zero-order valence-corrected chi connectivity index (χ0v) is 14.5. The molecular formula is C15H17BrN4S. The minimum absolute atomic E-state index is 0.756. The third kappa shape index (κ3) is 2.82. The predicted octanol–water partition coefficient (Wildman–Crippen LogP) is 4.45. The van der Waals surface area contributed by atoms with Crippen LogP contribution in [-0.2, 0) is 19.5 Å². The van der Waals surface area contributed by atoms with Crippen molar-refractivity contribution in [3.63, 3.8) is 0 Å². The van der Waals surface area contributed by atoms with E-state index < -0.39 is 0 Å². The summed E-state index contributed by atoms with van der Waals surface area (Å²) < 4.78 is 4.39. The number of aryl methyl sites for hydroxylation is 2. The Morgan fingerprint density at radius 3 is 2.95 bits per heavy atom. The Morgan fingerprint density at radius 1 is 1.33 bits per heavy atom. The Bertz CT molecular complexity index is 762. The van der Waals surface area contributed by atoms with Crippen molar-refractivity contribution >= 4 is 43.2 Å². The number of nitrogens with one attached hydrogen (secondary N) is 1. The van der Waals surface area contributed by atoms with Gasteiger partial charge >= 0.3 is 0 Å². The summed E-state index contributed by atoms with van der Waals surface area (Å²) in [4.78, 5) is 4.30. The van der Waals surface area contributed by atoms with Crippen LogP contribution in [0, 0.1) is 0 Å². The first kappa shape index (κ1) is 14.5. The van der Waals surface area contributed by atoms with E-state index in [1.54, 1.807) is 11.3 Å². The first-order chi connectivity index (χ1) is 10.2. The van der Waals surface area contributed by atoms with Gasteiger partial charge in [-0.15, -0.1) is 11.3 Å². The zero-order chi connectivity index (χ0) is 14.8. The van der Waals surface area contributed by atoms with Crippen molar-refractivity contribution in [2.24, 2.45) is 0 Å². The second-order valence-corrected chi connectivity index (χ2v) is 6.44.